The van der Waals surface area contributed by atoms with Crippen LogP contribution in [0.5, 0.6) is 0 Å². The Morgan fingerprint density at radius 3 is 2.21 bits per heavy atom. The minimum Gasteiger partial charge on any atom is -0.381 e. The van der Waals surface area contributed by atoms with Crippen LogP contribution in [0, 0.1) is 5.92 Å². The van der Waals surface area contributed by atoms with Gasteiger partial charge in [0, 0.05) is 20.1 Å². The Kier molecular flexibility index (Phi) is 4.35. The molecule has 14 heavy (non-hydrogen) atoms. The van der Waals surface area contributed by atoms with Gasteiger partial charge in [-0.2, -0.15) is 0 Å². The van der Waals surface area contributed by atoms with E-state index < -0.39 is 0 Å². The molecule has 0 aromatic heterocycles. The SMILES string of the molecule is CON(C)C(=O)[C@H]1CC[C@@H](OC)CC1. The van der Waals surface area contributed by atoms with Gasteiger partial charge in [-0.1, -0.05) is 0 Å². The van der Waals surface area contributed by atoms with Crippen LogP contribution in [0.1, 0.15) is 25.7 Å². The molecule has 1 saturated carbocycles. The molecule has 4 nitrogen and oxygen atoms in total. The van der Waals surface area contributed by atoms with Crippen molar-refractivity contribution in [3.8, 4) is 0 Å². The van der Waals surface area contributed by atoms with Gasteiger partial charge >= 0.3 is 0 Å². The van der Waals surface area contributed by atoms with Crippen molar-refractivity contribution in [2.75, 3.05) is 21.3 Å². The highest BCUT2D eigenvalue weighted by atomic mass is 16.7. The van der Waals surface area contributed by atoms with Crippen LogP contribution >= 0.6 is 0 Å². The van der Waals surface area contributed by atoms with Gasteiger partial charge in [0.05, 0.1) is 13.2 Å². The van der Waals surface area contributed by atoms with Crippen LogP contribution in [0.2, 0.25) is 0 Å². The molecule has 4 heteroatoms. The zero-order valence-electron chi connectivity index (χ0n) is 9.16. The molecular formula is C10H19NO3. The molecule has 0 spiro atoms. The average Bonchev–Trinajstić information content (AvgIpc) is 2.27. The largest absolute Gasteiger partial charge is 0.381 e. The molecule has 0 bridgehead atoms. The molecule has 0 N–H and O–H groups in total. The molecule has 0 radical (unpaired) electrons. The van der Waals surface area contributed by atoms with E-state index in [-0.39, 0.29) is 11.8 Å². The lowest BCUT2D eigenvalue weighted by molar-refractivity contribution is -0.175. The van der Waals surface area contributed by atoms with E-state index >= 15 is 0 Å². The maximum Gasteiger partial charge on any atom is 0.248 e. The number of nitrogens with zero attached hydrogens (tertiary/aromatic N) is 1. The number of hydroxylamine groups is 2. The van der Waals surface area contributed by atoms with Gasteiger partial charge in [-0.05, 0) is 25.7 Å². The van der Waals surface area contributed by atoms with E-state index in [0.717, 1.165) is 25.7 Å². The van der Waals surface area contributed by atoms with Gasteiger partial charge in [0.25, 0.3) is 0 Å². The fourth-order valence-electron chi connectivity index (χ4n) is 1.89. The fraction of sp³-hybridized carbons (Fsp3) is 0.900. The first-order valence-corrected chi connectivity index (χ1v) is 5.03. The summed E-state index contributed by atoms with van der Waals surface area (Å²) < 4.78 is 5.25. The normalized spacial score (nSPS) is 27.4. The van der Waals surface area contributed by atoms with Gasteiger partial charge < -0.3 is 4.74 Å². The van der Waals surface area contributed by atoms with E-state index in [1.54, 1.807) is 14.2 Å². The molecule has 1 aliphatic rings. The summed E-state index contributed by atoms with van der Waals surface area (Å²) >= 11 is 0. The molecule has 0 aromatic rings. The lowest BCUT2D eigenvalue weighted by atomic mass is 9.87. The molecule has 82 valence electrons. The third kappa shape index (κ3) is 2.69. The number of ether oxygens (including phenoxy) is 1. The number of rotatable bonds is 3. The van der Waals surface area contributed by atoms with E-state index in [2.05, 4.69) is 0 Å². The van der Waals surface area contributed by atoms with Crippen LogP contribution in [0.25, 0.3) is 0 Å². The number of carbonyl (C=O) groups excluding carboxylic acids is 1. The summed E-state index contributed by atoms with van der Waals surface area (Å²) in [6.07, 6.45) is 4.11. The van der Waals surface area contributed by atoms with Crippen molar-refractivity contribution in [3.63, 3.8) is 0 Å². The first kappa shape index (κ1) is 11.5. The van der Waals surface area contributed by atoms with Crippen LogP contribution in [-0.2, 0) is 14.4 Å². The monoisotopic (exact) mass is 201 g/mol. The Labute approximate surface area is 85.1 Å². The average molecular weight is 201 g/mol. The summed E-state index contributed by atoms with van der Waals surface area (Å²) in [7, 11) is 4.90. The Bertz CT molecular complexity index is 188. The van der Waals surface area contributed by atoms with Gasteiger partial charge in [-0.25, -0.2) is 5.06 Å². The summed E-state index contributed by atoms with van der Waals surface area (Å²) in [5, 5.41) is 1.32. The summed E-state index contributed by atoms with van der Waals surface area (Å²) in [6.45, 7) is 0. The molecule has 1 amide bonds. The van der Waals surface area contributed by atoms with E-state index in [4.69, 9.17) is 9.57 Å². The minimum absolute atomic E-state index is 0.0852. The van der Waals surface area contributed by atoms with E-state index in [1.165, 1.54) is 12.2 Å². The summed E-state index contributed by atoms with van der Waals surface area (Å²) in [5.41, 5.74) is 0. The van der Waals surface area contributed by atoms with Gasteiger partial charge in [0.1, 0.15) is 0 Å². The first-order chi connectivity index (χ1) is 6.69. The van der Waals surface area contributed by atoms with Crippen LogP contribution < -0.4 is 0 Å². The predicted octanol–water partition coefficient (Wildman–Crippen LogP) is 1.21. The molecule has 0 saturated heterocycles. The summed E-state index contributed by atoms with van der Waals surface area (Å²) in [4.78, 5) is 16.6. The van der Waals surface area contributed by atoms with Gasteiger partial charge in [0.15, 0.2) is 0 Å². The third-order valence-corrected chi connectivity index (χ3v) is 2.94. The molecular weight excluding hydrogens is 182 g/mol. The fourth-order valence-corrected chi connectivity index (χ4v) is 1.89. The van der Waals surface area contributed by atoms with E-state index in [0.29, 0.717) is 6.10 Å². The highest BCUT2D eigenvalue weighted by Gasteiger charge is 2.28. The highest BCUT2D eigenvalue weighted by molar-refractivity contribution is 5.77. The molecule has 0 heterocycles. The second-order valence-electron chi connectivity index (χ2n) is 3.73. The van der Waals surface area contributed by atoms with Crippen LogP contribution in [0.3, 0.4) is 0 Å². The van der Waals surface area contributed by atoms with Gasteiger partial charge in [-0.3, -0.25) is 9.63 Å². The minimum atomic E-state index is 0.0852. The Morgan fingerprint density at radius 1 is 1.21 bits per heavy atom. The molecule has 0 atom stereocenters. The molecule has 0 aromatic carbocycles. The highest BCUT2D eigenvalue weighted by Crippen LogP contribution is 2.27. The number of carbonyl (C=O) groups is 1. The van der Waals surface area contributed by atoms with E-state index in [1.807, 2.05) is 0 Å². The molecule has 1 fully saturated rings. The zero-order chi connectivity index (χ0) is 10.6. The van der Waals surface area contributed by atoms with Crippen molar-refractivity contribution in [2.24, 2.45) is 5.92 Å². The number of hydrogen-bond donors (Lipinski definition) is 0. The second-order valence-corrected chi connectivity index (χ2v) is 3.73. The summed E-state index contributed by atoms with van der Waals surface area (Å²) in [5.74, 6) is 0.202. The lowest BCUT2D eigenvalue weighted by Gasteiger charge is -2.28. The molecule has 1 rings (SSSR count). The quantitative estimate of drug-likeness (QED) is 0.644. The Hall–Kier alpha value is -0.610. The van der Waals surface area contributed by atoms with Crippen LogP contribution in [0.15, 0.2) is 0 Å². The van der Waals surface area contributed by atoms with E-state index in [9.17, 15) is 4.79 Å². The van der Waals surface area contributed by atoms with Crippen molar-refractivity contribution in [1.29, 1.82) is 0 Å². The van der Waals surface area contributed by atoms with Crippen molar-refractivity contribution in [3.05, 3.63) is 0 Å². The van der Waals surface area contributed by atoms with Crippen molar-refractivity contribution in [2.45, 2.75) is 31.8 Å². The standard InChI is InChI=1S/C10H19NO3/c1-11(14-3)10(12)8-4-6-9(13-2)7-5-8/h8-9H,4-7H2,1-3H3/t8-,9+. The second kappa shape index (κ2) is 5.32. The third-order valence-electron chi connectivity index (χ3n) is 2.94. The Balaban J connectivity index is 2.37. The molecule has 0 aliphatic heterocycles. The summed E-state index contributed by atoms with van der Waals surface area (Å²) in [6, 6.07) is 0. The van der Waals surface area contributed by atoms with Crippen molar-refractivity contribution < 1.29 is 14.4 Å². The zero-order valence-corrected chi connectivity index (χ0v) is 9.16. The maximum atomic E-state index is 11.7. The lowest BCUT2D eigenvalue weighted by Crippen LogP contribution is -2.35. The number of methoxy groups -OCH3 is 1. The van der Waals surface area contributed by atoms with Gasteiger partial charge in [0.2, 0.25) is 5.91 Å². The first-order valence-electron chi connectivity index (χ1n) is 5.03. The van der Waals surface area contributed by atoms with Crippen molar-refractivity contribution >= 4 is 5.91 Å². The van der Waals surface area contributed by atoms with Crippen molar-refractivity contribution in [1.82, 2.24) is 5.06 Å². The Morgan fingerprint density at radius 2 is 1.79 bits per heavy atom. The molecule has 1 aliphatic carbocycles. The maximum absolute atomic E-state index is 11.7. The topological polar surface area (TPSA) is 38.8 Å². The number of hydrogen-bond acceptors (Lipinski definition) is 3. The number of amides is 1. The smallest absolute Gasteiger partial charge is 0.248 e. The van der Waals surface area contributed by atoms with Crippen LogP contribution in [0.4, 0.5) is 0 Å². The van der Waals surface area contributed by atoms with Crippen LogP contribution in [-0.4, -0.2) is 38.3 Å². The predicted molar refractivity (Wildman–Crippen MR) is 52.5 cm³/mol. The molecule has 0 unspecified atom stereocenters. The van der Waals surface area contributed by atoms with Gasteiger partial charge in [-0.15, -0.1) is 0 Å².